The number of imide groups is 1. The fraction of sp³-hybridized carbons (Fsp3) is 0.282. The molecular weight excluding hydrogens is 677 g/mol. The predicted molar refractivity (Wildman–Crippen MR) is 200 cm³/mol. The van der Waals surface area contributed by atoms with Crippen molar-refractivity contribution in [3.63, 3.8) is 0 Å². The number of carbonyl (C=O) groups excluding carboxylic acids is 3. The van der Waals surface area contributed by atoms with Gasteiger partial charge in [0, 0.05) is 28.7 Å². The molecule has 0 aliphatic carbocycles. The number of methoxy groups -OCH3 is 1. The molecule has 0 spiro atoms. The van der Waals surface area contributed by atoms with Crippen LogP contribution >= 0.6 is 0 Å². The molecule has 4 heterocycles. The zero-order chi connectivity index (χ0) is 36.9. The maximum Gasteiger partial charge on any atom is 0.337 e. The van der Waals surface area contributed by atoms with Crippen LogP contribution in [0, 0.1) is 0 Å². The van der Waals surface area contributed by atoms with Crippen molar-refractivity contribution in [3.8, 4) is 11.4 Å². The Hall–Kier alpha value is -5.66. The zero-order valence-electron chi connectivity index (χ0n) is 30.2. The minimum absolute atomic E-state index is 0.0471. The molecule has 1 atom stereocenters. The number of ether oxygens (including phenoxy) is 2. The lowest BCUT2D eigenvalue weighted by Gasteiger charge is -2.36. The molecule has 1 unspecified atom stereocenters. The van der Waals surface area contributed by atoms with Crippen LogP contribution in [0.1, 0.15) is 70.4 Å². The molecule has 0 bridgehead atoms. The van der Waals surface area contributed by atoms with Crippen LogP contribution in [0.4, 0.5) is 5.82 Å². The minimum Gasteiger partial charge on any atom is -0.482 e. The lowest BCUT2D eigenvalue weighted by Crippen LogP contribution is -2.41. The number of fused-ring (bicyclic) bond motifs is 3. The van der Waals surface area contributed by atoms with Gasteiger partial charge in [-0.3, -0.25) is 14.3 Å². The molecular formula is C39H40N6O6Si. The lowest BCUT2D eigenvalue weighted by molar-refractivity contribution is 0.0600. The van der Waals surface area contributed by atoms with Crippen molar-refractivity contribution in [2.45, 2.75) is 58.5 Å². The fourth-order valence-electron chi connectivity index (χ4n) is 6.12. The molecule has 12 nitrogen and oxygen atoms in total. The Kier molecular flexibility index (Phi) is 8.79. The molecule has 0 saturated carbocycles. The van der Waals surface area contributed by atoms with Gasteiger partial charge in [-0.05, 0) is 79.7 Å². The first-order valence-electron chi connectivity index (χ1n) is 17.1. The van der Waals surface area contributed by atoms with Crippen LogP contribution in [0.5, 0.6) is 5.75 Å². The summed E-state index contributed by atoms with van der Waals surface area (Å²) in [4.78, 5) is 45.7. The van der Waals surface area contributed by atoms with Crippen molar-refractivity contribution < 1.29 is 28.3 Å². The molecule has 7 rings (SSSR count). The number of amides is 2. The predicted octanol–water partition coefficient (Wildman–Crippen LogP) is 7.52. The summed E-state index contributed by atoms with van der Waals surface area (Å²) in [5, 5.41) is 10.8. The smallest absolute Gasteiger partial charge is 0.337 e. The van der Waals surface area contributed by atoms with Crippen LogP contribution in [0.2, 0.25) is 18.1 Å². The normalized spacial score (nSPS) is 13.9. The number of anilines is 1. The van der Waals surface area contributed by atoms with E-state index in [1.165, 1.54) is 7.11 Å². The van der Waals surface area contributed by atoms with Crippen molar-refractivity contribution in [1.29, 1.82) is 0 Å². The summed E-state index contributed by atoms with van der Waals surface area (Å²) in [5.41, 5.74) is 3.78. The van der Waals surface area contributed by atoms with E-state index < -0.39 is 32.2 Å². The molecule has 6 aromatic rings. The number of pyridine rings is 1. The summed E-state index contributed by atoms with van der Waals surface area (Å²) >= 11 is 0. The van der Waals surface area contributed by atoms with Gasteiger partial charge in [-0.25, -0.2) is 19.4 Å². The fourth-order valence-corrected chi connectivity index (χ4v) is 7.16. The van der Waals surface area contributed by atoms with Gasteiger partial charge in [0.05, 0.1) is 59.9 Å². The number of hydrogen-bond acceptors (Lipinski definition) is 9. The lowest BCUT2D eigenvalue weighted by atomic mass is 10.1. The SMILES string of the molecule is COC(=O)c1ccc2nc(N3C(=O)c4ccccc4C3=O)c(OC(C)c3cc4c(cnn4CCO[Si](C)(C)C(C)(C)C)cc3-n3cccn3)cc2c1. The van der Waals surface area contributed by atoms with Gasteiger partial charge in [-0.15, -0.1) is 0 Å². The summed E-state index contributed by atoms with van der Waals surface area (Å²) < 4.78 is 21.8. The van der Waals surface area contributed by atoms with Crippen molar-refractivity contribution >= 4 is 53.7 Å². The molecule has 0 N–H and O–H groups in total. The Morgan fingerprint density at radius 3 is 2.31 bits per heavy atom. The van der Waals surface area contributed by atoms with E-state index in [1.807, 2.05) is 42.2 Å². The summed E-state index contributed by atoms with van der Waals surface area (Å²) in [5.74, 6) is -1.28. The van der Waals surface area contributed by atoms with E-state index in [9.17, 15) is 14.4 Å². The van der Waals surface area contributed by atoms with E-state index in [-0.39, 0.29) is 27.7 Å². The number of aromatic nitrogens is 5. The van der Waals surface area contributed by atoms with Crippen LogP contribution in [0.25, 0.3) is 27.5 Å². The molecule has 3 aromatic heterocycles. The van der Waals surface area contributed by atoms with Gasteiger partial charge in [-0.2, -0.15) is 10.2 Å². The Labute approximate surface area is 302 Å². The second-order valence-electron chi connectivity index (χ2n) is 14.4. The largest absolute Gasteiger partial charge is 0.482 e. The maximum atomic E-state index is 13.7. The van der Waals surface area contributed by atoms with E-state index in [1.54, 1.807) is 59.4 Å². The van der Waals surface area contributed by atoms with Crippen LogP contribution in [0.3, 0.4) is 0 Å². The maximum absolute atomic E-state index is 13.7. The van der Waals surface area contributed by atoms with Gasteiger partial charge in [0.15, 0.2) is 19.9 Å². The van der Waals surface area contributed by atoms with Gasteiger partial charge in [0.2, 0.25) is 0 Å². The van der Waals surface area contributed by atoms with Crippen molar-refractivity contribution in [1.82, 2.24) is 24.5 Å². The third-order valence-corrected chi connectivity index (χ3v) is 14.6. The Morgan fingerprint density at radius 2 is 1.65 bits per heavy atom. The minimum atomic E-state index is -1.96. The van der Waals surface area contributed by atoms with Gasteiger partial charge in [0.1, 0.15) is 6.10 Å². The first-order chi connectivity index (χ1) is 24.8. The molecule has 266 valence electrons. The summed E-state index contributed by atoms with van der Waals surface area (Å²) in [6, 6.07) is 19.1. The van der Waals surface area contributed by atoms with Crippen molar-refractivity contribution in [3.05, 3.63) is 108 Å². The number of hydrogen-bond donors (Lipinski definition) is 0. The van der Waals surface area contributed by atoms with E-state index >= 15 is 0 Å². The van der Waals surface area contributed by atoms with Crippen LogP contribution < -0.4 is 9.64 Å². The van der Waals surface area contributed by atoms with E-state index in [0.717, 1.165) is 27.1 Å². The van der Waals surface area contributed by atoms with Gasteiger partial charge in [0.25, 0.3) is 11.8 Å². The highest BCUT2D eigenvalue weighted by Gasteiger charge is 2.40. The van der Waals surface area contributed by atoms with Gasteiger partial charge < -0.3 is 13.9 Å². The molecule has 0 fully saturated rings. The van der Waals surface area contributed by atoms with Crippen LogP contribution in [-0.2, 0) is 15.7 Å². The molecule has 3 aromatic carbocycles. The zero-order valence-corrected chi connectivity index (χ0v) is 31.2. The first-order valence-corrected chi connectivity index (χ1v) is 20.0. The summed E-state index contributed by atoms with van der Waals surface area (Å²) in [7, 11) is -0.645. The third kappa shape index (κ3) is 6.15. The Morgan fingerprint density at radius 1 is 0.923 bits per heavy atom. The van der Waals surface area contributed by atoms with E-state index in [4.69, 9.17) is 24.0 Å². The molecule has 1 aliphatic rings. The number of carbonyl (C=O) groups is 3. The van der Waals surface area contributed by atoms with Gasteiger partial charge in [-0.1, -0.05) is 32.9 Å². The Balaban J connectivity index is 1.31. The average molecular weight is 717 g/mol. The monoisotopic (exact) mass is 716 g/mol. The highest BCUT2D eigenvalue weighted by Crippen LogP contribution is 2.40. The van der Waals surface area contributed by atoms with Crippen LogP contribution in [0.15, 0.2) is 85.3 Å². The molecule has 0 radical (unpaired) electrons. The Bertz CT molecular complexity index is 2330. The molecule has 13 heteroatoms. The number of nitrogens with zero attached hydrogens (tertiary/aromatic N) is 6. The second kappa shape index (κ2) is 13.1. The second-order valence-corrected chi connectivity index (χ2v) is 19.2. The van der Waals surface area contributed by atoms with Crippen molar-refractivity contribution in [2.24, 2.45) is 0 Å². The highest BCUT2D eigenvalue weighted by molar-refractivity contribution is 6.74. The van der Waals surface area contributed by atoms with E-state index in [0.29, 0.717) is 29.6 Å². The van der Waals surface area contributed by atoms with E-state index in [2.05, 4.69) is 39.0 Å². The summed E-state index contributed by atoms with van der Waals surface area (Å²) in [6.45, 7) is 14.1. The topological polar surface area (TPSA) is 131 Å². The summed E-state index contributed by atoms with van der Waals surface area (Å²) in [6.07, 6.45) is 4.74. The first kappa shape index (κ1) is 34.8. The van der Waals surface area contributed by atoms with Gasteiger partial charge >= 0.3 is 5.97 Å². The quantitative estimate of drug-likeness (QED) is 0.0803. The molecule has 52 heavy (non-hydrogen) atoms. The third-order valence-electron chi connectivity index (χ3n) is 10.0. The van der Waals surface area contributed by atoms with Crippen LogP contribution in [-0.4, -0.2) is 64.4 Å². The number of rotatable bonds is 10. The van der Waals surface area contributed by atoms with Crippen molar-refractivity contribution in [2.75, 3.05) is 18.6 Å². The average Bonchev–Trinajstić information content (AvgIpc) is 3.85. The number of benzene rings is 3. The standard InChI is InChI=1S/C39H40N6O6Si/c1-24(30-22-32-27(20-33(30)43-16-10-15-40-43)23-41-44(32)17-18-50-52(6,7)39(2,3)4)51-34-21-26-19-25(38(48)49-5)13-14-31(26)42-35(34)45-36(46)28-11-8-9-12-29(28)37(45)47/h8-16,19-24H,17-18H2,1-7H3. The highest BCUT2D eigenvalue weighted by atomic mass is 28.4. The number of esters is 1. The molecule has 1 aliphatic heterocycles. The molecule has 2 amide bonds. The molecule has 0 saturated heterocycles.